The molecule has 2 aromatic rings. The summed E-state index contributed by atoms with van der Waals surface area (Å²) in [6, 6.07) is 8.34. The molecule has 1 amide bonds. The van der Waals surface area contributed by atoms with Crippen LogP contribution in [0.3, 0.4) is 0 Å². The molecule has 30 heavy (non-hydrogen) atoms. The molecule has 1 unspecified atom stereocenters. The molecule has 6 nitrogen and oxygen atoms in total. The van der Waals surface area contributed by atoms with Gasteiger partial charge in [0, 0.05) is 12.7 Å². The highest BCUT2D eigenvalue weighted by molar-refractivity contribution is 6.46. The summed E-state index contributed by atoms with van der Waals surface area (Å²) in [7, 11) is 1.52. The Kier molecular flexibility index (Phi) is 6.55. The Labute approximate surface area is 177 Å². The lowest BCUT2D eigenvalue weighted by molar-refractivity contribution is -0.140. The van der Waals surface area contributed by atoms with Crippen molar-refractivity contribution in [2.75, 3.05) is 13.7 Å². The first kappa shape index (κ1) is 21.6. The first-order valence-electron chi connectivity index (χ1n) is 10.3. The van der Waals surface area contributed by atoms with Gasteiger partial charge in [0.1, 0.15) is 17.6 Å². The van der Waals surface area contributed by atoms with E-state index in [4.69, 9.17) is 4.74 Å². The number of unbranched alkanes of at least 4 members (excludes halogenated alkanes) is 2. The highest BCUT2D eigenvalue weighted by Crippen LogP contribution is 2.41. The average Bonchev–Trinajstić information content (AvgIpc) is 2.98. The number of hydrogen-bond donors (Lipinski definition) is 1. The number of amides is 1. The van der Waals surface area contributed by atoms with Gasteiger partial charge in [0.25, 0.3) is 11.7 Å². The highest BCUT2D eigenvalue weighted by Gasteiger charge is 2.46. The maximum Gasteiger partial charge on any atom is 0.295 e. The van der Waals surface area contributed by atoms with Crippen LogP contribution < -0.4 is 4.74 Å². The largest absolute Gasteiger partial charge is 0.507 e. The van der Waals surface area contributed by atoms with Crippen LogP contribution in [0.15, 0.2) is 42.1 Å². The van der Waals surface area contributed by atoms with Crippen LogP contribution in [0.4, 0.5) is 0 Å². The number of aromatic nitrogens is 1. The summed E-state index contributed by atoms with van der Waals surface area (Å²) < 4.78 is 5.50. The van der Waals surface area contributed by atoms with Crippen molar-refractivity contribution in [3.63, 3.8) is 0 Å². The zero-order valence-corrected chi connectivity index (χ0v) is 17.9. The minimum absolute atomic E-state index is 0.0542. The number of aliphatic hydroxyl groups excluding tert-OH is 1. The van der Waals surface area contributed by atoms with Crippen molar-refractivity contribution >= 4 is 17.4 Å². The van der Waals surface area contributed by atoms with Gasteiger partial charge in [0.05, 0.1) is 23.9 Å². The maximum absolute atomic E-state index is 13.0. The molecule has 0 radical (unpaired) electrons. The molecule has 1 saturated heterocycles. The van der Waals surface area contributed by atoms with E-state index in [1.54, 1.807) is 24.4 Å². The fourth-order valence-corrected chi connectivity index (χ4v) is 4.03. The van der Waals surface area contributed by atoms with Crippen LogP contribution in [0.25, 0.3) is 5.76 Å². The lowest BCUT2D eigenvalue weighted by atomic mass is 9.95. The Bertz CT molecular complexity index is 982. The zero-order valence-electron chi connectivity index (χ0n) is 17.9. The van der Waals surface area contributed by atoms with Crippen LogP contribution in [0, 0.1) is 13.8 Å². The van der Waals surface area contributed by atoms with E-state index < -0.39 is 17.7 Å². The molecule has 158 valence electrons. The van der Waals surface area contributed by atoms with Crippen LogP contribution in [0.2, 0.25) is 0 Å². The van der Waals surface area contributed by atoms with Gasteiger partial charge in [-0.3, -0.25) is 14.6 Å². The molecule has 0 saturated carbocycles. The predicted octanol–water partition coefficient (Wildman–Crippen LogP) is 4.32. The third-order valence-electron chi connectivity index (χ3n) is 5.39. The fourth-order valence-electron chi connectivity index (χ4n) is 4.03. The Balaban J connectivity index is 2.20. The second-order valence-electron chi connectivity index (χ2n) is 7.62. The molecule has 2 heterocycles. The summed E-state index contributed by atoms with van der Waals surface area (Å²) in [5.41, 5.74) is 2.77. The third-order valence-corrected chi connectivity index (χ3v) is 5.39. The molecule has 1 aromatic carbocycles. The van der Waals surface area contributed by atoms with Crippen LogP contribution in [0.1, 0.15) is 54.6 Å². The van der Waals surface area contributed by atoms with Crippen LogP contribution in [0.5, 0.6) is 5.75 Å². The Morgan fingerprint density at radius 1 is 1.20 bits per heavy atom. The highest BCUT2D eigenvalue weighted by atomic mass is 16.5. The van der Waals surface area contributed by atoms with E-state index in [0.717, 1.165) is 30.4 Å². The predicted molar refractivity (Wildman–Crippen MR) is 115 cm³/mol. The fraction of sp³-hybridized carbons (Fsp3) is 0.375. The summed E-state index contributed by atoms with van der Waals surface area (Å²) in [6.07, 6.45) is 4.35. The number of aliphatic hydroxyl groups is 1. The van der Waals surface area contributed by atoms with Gasteiger partial charge >= 0.3 is 0 Å². The lowest BCUT2D eigenvalue weighted by Gasteiger charge is -2.24. The number of benzene rings is 1. The molecule has 0 bridgehead atoms. The van der Waals surface area contributed by atoms with Gasteiger partial charge in [-0.2, -0.15) is 0 Å². The smallest absolute Gasteiger partial charge is 0.295 e. The van der Waals surface area contributed by atoms with Crippen molar-refractivity contribution in [3.8, 4) is 5.75 Å². The number of ether oxygens (including phenoxy) is 1. The van der Waals surface area contributed by atoms with Crippen LogP contribution in [-0.4, -0.2) is 40.3 Å². The number of likely N-dealkylation sites (tertiary alicyclic amines) is 1. The van der Waals surface area contributed by atoms with Crippen LogP contribution in [-0.2, 0) is 9.59 Å². The third kappa shape index (κ3) is 3.95. The van der Waals surface area contributed by atoms with Gasteiger partial charge < -0.3 is 14.7 Å². The molecule has 1 aliphatic heterocycles. The lowest BCUT2D eigenvalue weighted by Crippen LogP contribution is -2.31. The number of Topliss-reactive ketones (excluding diaryl/α,β-unsaturated/α-hetero) is 1. The van der Waals surface area contributed by atoms with Gasteiger partial charge in [-0.1, -0.05) is 31.9 Å². The molecule has 1 atom stereocenters. The number of rotatable bonds is 7. The van der Waals surface area contributed by atoms with E-state index in [1.165, 1.54) is 12.0 Å². The quantitative estimate of drug-likeness (QED) is 0.319. The summed E-state index contributed by atoms with van der Waals surface area (Å²) in [5, 5.41) is 11.3. The topological polar surface area (TPSA) is 79.7 Å². The summed E-state index contributed by atoms with van der Waals surface area (Å²) in [6.45, 7) is 6.29. The van der Waals surface area contributed by atoms with Crippen molar-refractivity contribution in [2.24, 2.45) is 0 Å². The molecule has 1 aromatic heterocycles. The Morgan fingerprint density at radius 3 is 2.60 bits per heavy atom. The van der Waals surface area contributed by atoms with E-state index in [-0.39, 0.29) is 11.3 Å². The number of hydrogen-bond acceptors (Lipinski definition) is 5. The van der Waals surface area contributed by atoms with E-state index in [0.29, 0.717) is 23.6 Å². The van der Waals surface area contributed by atoms with Gasteiger partial charge in [-0.25, -0.2) is 0 Å². The van der Waals surface area contributed by atoms with Crippen molar-refractivity contribution in [1.29, 1.82) is 0 Å². The second-order valence-corrected chi connectivity index (χ2v) is 7.62. The Hall–Kier alpha value is -3.15. The molecule has 0 aliphatic carbocycles. The van der Waals surface area contributed by atoms with Crippen molar-refractivity contribution in [2.45, 2.75) is 46.1 Å². The molecule has 3 rings (SSSR count). The molecule has 0 spiro atoms. The number of carbonyl (C=O) groups excluding carboxylic acids is 2. The standard InChI is InChI=1S/C24H28N2O4/c1-5-6-9-12-26-20(18-10-7-8-11-25-18)19(22(28)24(26)29)21(27)17-14-15(2)13-16(3)23(17)30-4/h7-8,10-11,13-14,20,27H,5-6,9,12H2,1-4H3/b21-19+. The summed E-state index contributed by atoms with van der Waals surface area (Å²) in [4.78, 5) is 31.8. The van der Waals surface area contributed by atoms with Gasteiger partial charge in [0.2, 0.25) is 0 Å². The van der Waals surface area contributed by atoms with Crippen molar-refractivity contribution in [3.05, 3.63) is 64.5 Å². The number of ketones is 1. The van der Waals surface area contributed by atoms with Crippen molar-refractivity contribution < 1.29 is 19.4 Å². The molecule has 1 fully saturated rings. The molecule has 6 heteroatoms. The SMILES string of the molecule is CCCCCN1C(=O)C(=O)/C(=C(/O)c2cc(C)cc(C)c2OC)C1c1ccccn1. The minimum atomic E-state index is -0.728. The number of methoxy groups -OCH3 is 1. The number of pyridine rings is 1. The number of aryl methyl sites for hydroxylation is 2. The minimum Gasteiger partial charge on any atom is -0.507 e. The average molecular weight is 408 g/mol. The molecular formula is C24H28N2O4. The zero-order chi connectivity index (χ0) is 21.8. The summed E-state index contributed by atoms with van der Waals surface area (Å²) in [5.74, 6) is -1.05. The van der Waals surface area contributed by atoms with Crippen LogP contribution >= 0.6 is 0 Å². The first-order chi connectivity index (χ1) is 14.4. The number of carbonyl (C=O) groups is 2. The van der Waals surface area contributed by atoms with Gasteiger partial charge in [0.15, 0.2) is 0 Å². The summed E-state index contributed by atoms with van der Waals surface area (Å²) >= 11 is 0. The second kappa shape index (κ2) is 9.11. The van der Waals surface area contributed by atoms with E-state index >= 15 is 0 Å². The monoisotopic (exact) mass is 408 g/mol. The normalized spacial score (nSPS) is 18.1. The van der Waals surface area contributed by atoms with E-state index in [1.807, 2.05) is 26.0 Å². The van der Waals surface area contributed by atoms with Gasteiger partial charge in [-0.15, -0.1) is 0 Å². The molecule has 1 N–H and O–H groups in total. The van der Waals surface area contributed by atoms with Gasteiger partial charge in [-0.05, 0) is 49.6 Å². The Morgan fingerprint density at radius 2 is 1.97 bits per heavy atom. The van der Waals surface area contributed by atoms with E-state index in [2.05, 4.69) is 11.9 Å². The number of nitrogens with zero attached hydrogens (tertiary/aromatic N) is 2. The molecular weight excluding hydrogens is 380 g/mol. The van der Waals surface area contributed by atoms with E-state index in [9.17, 15) is 14.7 Å². The molecule has 1 aliphatic rings. The van der Waals surface area contributed by atoms with Crippen molar-refractivity contribution in [1.82, 2.24) is 9.88 Å². The first-order valence-corrected chi connectivity index (χ1v) is 10.3. The maximum atomic E-state index is 13.0.